The molecule has 0 spiro atoms. The van der Waals surface area contributed by atoms with Crippen molar-refractivity contribution in [1.82, 2.24) is 14.9 Å². The second-order valence-electron chi connectivity index (χ2n) is 4.78. The number of ether oxygens (including phenoxy) is 1. The first-order valence-corrected chi connectivity index (χ1v) is 6.53. The first kappa shape index (κ1) is 13.7. The van der Waals surface area contributed by atoms with Crippen LogP contribution in [0.3, 0.4) is 0 Å². The van der Waals surface area contributed by atoms with Crippen molar-refractivity contribution in [2.75, 3.05) is 39.2 Å². The molecule has 0 saturated carbocycles. The highest BCUT2D eigenvalue weighted by Gasteiger charge is 2.20. The molecule has 0 aliphatic carbocycles. The van der Waals surface area contributed by atoms with Gasteiger partial charge in [0.2, 0.25) is 0 Å². The Morgan fingerprint density at radius 3 is 2.74 bits per heavy atom. The minimum absolute atomic E-state index is 0.0818. The molecule has 19 heavy (non-hydrogen) atoms. The van der Waals surface area contributed by atoms with Gasteiger partial charge in [0.1, 0.15) is 11.5 Å². The molecule has 104 valence electrons. The average Bonchev–Trinajstić information content (AvgIpc) is 2.47. The van der Waals surface area contributed by atoms with Crippen LogP contribution in [0.25, 0.3) is 0 Å². The average molecular weight is 264 g/mol. The van der Waals surface area contributed by atoms with Gasteiger partial charge in [-0.2, -0.15) is 0 Å². The summed E-state index contributed by atoms with van der Waals surface area (Å²) in [6.45, 7) is 2.34. The van der Waals surface area contributed by atoms with Crippen molar-refractivity contribution in [3.63, 3.8) is 0 Å². The normalized spacial score (nSPS) is 16.1. The van der Waals surface area contributed by atoms with Crippen LogP contribution in [0.15, 0.2) is 12.4 Å². The summed E-state index contributed by atoms with van der Waals surface area (Å²) in [6, 6.07) is 0. The smallest absolute Gasteiger partial charge is 0.273 e. The molecule has 2 heterocycles. The number of carbonyl (C=O) groups is 1. The molecule has 6 heteroatoms. The highest BCUT2D eigenvalue weighted by atomic mass is 16.5. The standard InChI is InChI=1S/C13H20N4O2/c1-14-12-8-15-11(7-16-12)13(18)17(2)9-10-3-5-19-6-4-10/h7-8,10H,3-6,9H2,1-2H3,(H,14,16). The molecular formula is C13H20N4O2. The minimum Gasteiger partial charge on any atom is -0.381 e. The van der Waals surface area contributed by atoms with E-state index in [2.05, 4.69) is 15.3 Å². The number of anilines is 1. The van der Waals surface area contributed by atoms with Gasteiger partial charge in [-0.05, 0) is 18.8 Å². The molecule has 0 atom stereocenters. The van der Waals surface area contributed by atoms with Crippen molar-refractivity contribution in [3.8, 4) is 0 Å². The number of aromatic nitrogens is 2. The molecule has 1 aromatic rings. The molecule has 1 aliphatic rings. The molecule has 1 fully saturated rings. The summed E-state index contributed by atoms with van der Waals surface area (Å²) < 4.78 is 5.32. The zero-order valence-corrected chi connectivity index (χ0v) is 11.4. The van der Waals surface area contributed by atoms with Crippen molar-refractivity contribution in [2.24, 2.45) is 5.92 Å². The van der Waals surface area contributed by atoms with E-state index in [0.717, 1.165) is 32.6 Å². The van der Waals surface area contributed by atoms with Gasteiger partial charge in [0.25, 0.3) is 5.91 Å². The number of rotatable bonds is 4. The number of hydrogen-bond acceptors (Lipinski definition) is 5. The van der Waals surface area contributed by atoms with Crippen LogP contribution in [0.1, 0.15) is 23.3 Å². The van der Waals surface area contributed by atoms with Crippen molar-refractivity contribution in [1.29, 1.82) is 0 Å². The fourth-order valence-corrected chi connectivity index (χ4v) is 2.16. The maximum absolute atomic E-state index is 12.2. The Morgan fingerprint density at radius 1 is 1.42 bits per heavy atom. The summed E-state index contributed by atoms with van der Waals surface area (Å²) in [6.07, 6.45) is 5.11. The summed E-state index contributed by atoms with van der Waals surface area (Å²) in [5, 5.41) is 2.88. The monoisotopic (exact) mass is 264 g/mol. The molecule has 0 aromatic carbocycles. The Bertz CT molecular complexity index is 415. The Kier molecular flexibility index (Phi) is 4.68. The van der Waals surface area contributed by atoms with Gasteiger partial charge < -0.3 is 15.0 Å². The molecule has 0 radical (unpaired) electrons. The second-order valence-corrected chi connectivity index (χ2v) is 4.78. The van der Waals surface area contributed by atoms with Crippen LogP contribution in [-0.2, 0) is 4.74 Å². The predicted molar refractivity (Wildman–Crippen MR) is 72.1 cm³/mol. The van der Waals surface area contributed by atoms with Crippen LogP contribution >= 0.6 is 0 Å². The lowest BCUT2D eigenvalue weighted by atomic mass is 10.00. The number of amides is 1. The number of nitrogens with zero attached hydrogens (tertiary/aromatic N) is 3. The van der Waals surface area contributed by atoms with Gasteiger partial charge in [-0.1, -0.05) is 0 Å². The first-order valence-electron chi connectivity index (χ1n) is 6.53. The van der Waals surface area contributed by atoms with E-state index in [1.165, 1.54) is 6.20 Å². The largest absolute Gasteiger partial charge is 0.381 e. The lowest BCUT2D eigenvalue weighted by molar-refractivity contribution is 0.0495. The van der Waals surface area contributed by atoms with Crippen LogP contribution in [-0.4, -0.2) is 54.6 Å². The van der Waals surface area contributed by atoms with E-state index in [-0.39, 0.29) is 5.91 Å². The summed E-state index contributed by atoms with van der Waals surface area (Å²) >= 11 is 0. The molecule has 1 N–H and O–H groups in total. The van der Waals surface area contributed by atoms with Gasteiger partial charge in [-0.25, -0.2) is 9.97 Å². The fourth-order valence-electron chi connectivity index (χ4n) is 2.16. The number of nitrogens with one attached hydrogen (secondary N) is 1. The number of carbonyl (C=O) groups excluding carboxylic acids is 1. The predicted octanol–water partition coefficient (Wildman–Crippen LogP) is 1.02. The van der Waals surface area contributed by atoms with Crippen molar-refractivity contribution in [3.05, 3.63) is 18.1 Å². The molecule has 1 saturated heterocycles. The van der Waals surface area contributed by atoms with Crippen molar-refractivity contribution in [2.45, 2.75) is 12.8 Å². The highest BCUT2D eigenvalue weighted by molar-refractivity contribution is 5.91. The lowest BCUT2D eigenvalue weighted by Gasteiger charge is -2.26. The molecule has 0 bridgehead atoms. The van der Waals surface area contributed by atoms with Crippen LogP contribution < -0.4 is 5.32 Å². The van der Waals surface area contributed by atoms with E-state index in [0.29, 0.717) is 17.4 Å². The summed E-state index contributed by atoms with van der Waals surface area (Å²) in [7, 11) is 3.58. The molecule has 2 rings (SSSR count). The van der Waals surface area contributed by atoms with Gasteiger partial charge >= 0.3 is 0 Å². The van der Waals surface area contributed by atoms with E-state index < -0.39 is 0 Å². The maximum Gasteiger partial charge on any atom is 0.273 e. The summed E-state index contributed by atoms with van der Waals surface area (Å²) in [5.74, 6) is 1.09. The molecule has 1 amide bonds. The highest BCUT2D eigenvalue weighted by Crippen LogP contribution is 2.16. The zero-order chi connectivity index (χ0) is 13.7. The van der Waals surface area contributed by atoms with Crippen molar-refractivity contribution < 1.29 is 9.53 Å². The van der Waals surface area contributed by atoms with Gasteiger partial charge in [0.05, 0.1) is 12.4 Å². The van der Waals surface area contributed by atoms with E-state index in [9.17, 15) is 4.79 Å². The van der Waals surface area contributed by atoms with E-state index in [1.807, 2.05) is 7.05 Å². The first-order chi connectivity index (χ1) is 9.20. The Hall–Kier alpha value is -1.69. The van der Waals surface area contributed by atoms with Gasteiger partial charge in [-0.3, -0.25) is 4.79 Å². The Balaban J connectivity index is 1.93. The van der Waals surface area contributed by atoms with Crippen molar-refractivity contribution >= 4 is 11.7 Å². The van der Waals surface area contributed by atoms with E-state index in [1.54, 1.807) is 18.1 Å². The lowest BCUT2D eigenvalue weighted by Crippen LogP contribution is -2.34. The maximum atomic E-state index is 12.2. The van der Waals surface area contributed by atoms with E-state index in [4.69, 9.17) is 4.74 Å². The van der Waals surface area contributed by atoms with E-state index >= 15 is 0 Å². The van der Waals surface area contributed by atoms with Crippen LogP contribution in [0.4, 0.5) is 5.82 Å². The second kappa shape index (κ2) is 6.47. The quantitative estimate of drug-likeness (QED) is 0.879. The SMILES string of the molecule is CNc1cnc(C(=O)N(C)CC2CCOCC2)cn1. The summed E-state index contributed by atoms with van der Waals surface area (Å²) in [4.78, 5) is 22.1. The van der Waals surface area contributed by atoms with Crippen LogP contribution in [0.2, 0.25) is 0 Å². The van der Waals surface area contributed by atoms with Crippen LogP contribution in [0, 0.1) is 5.92 Å². The minimum atomic E-state index is -0.0818. The third-order valence-electron chi connectivity index (χ3n) is 3.35. The summed E-state index contributed by atoms with van der Waals surface area (Å²) in [5.41, 5.74) is 0.383. The molecule has 0 unspecified atom stereocenters. The molecule has 1 aliphatic heterocycles. The molecule has 6 nitrogen and oxygen atoms in total. The Labute approximate surface area is 113 Å². The zero-order valence-electron chi connectivity index (χ0n) is 11.4. The topological polar surface area (TPSA) is 67.4 Å². The van der Waals surface area contributed by atoms with Gasteiger partial charge in [-0.15, -0.1) is 0 Å². The Morgan fingerprint density at radius 2 is 2.16 bits per heavy atom. The van der Waals surface area contributed by atoms with Gasteiger partial charge in [0.15, 0.2) is 0 Å². The third kappa shape index (κ3) is 3.64. The fraction of sp³-hybridized carbons (Fsp3) is 0.615. The molecular weight excluding hydrogens is 244 g/mol. The molecule has 1 aromatic heterocycles. The number of hydrogen-bond donors (Lipinski definition) is 1. The van der Waals surface area contributed by atoms with Gasteiger partial charge in [0, 0.05) is 33.9 Å². The third-order valence-corrected chi connectivity index (χ3v) is 3.35. The van der Waals surface area contributed by atoms with Crippen LogP contribution in [0.5, 0.6) is 0 Å².